The van der Waals surface area contributed by atoms with Gasteiger partial charge in [0.15, 0.2) is 5.75 Å². The van der Waals surface area contributed by atoms with Crippen LogP contribution in [0.5, 0.6) is 5.75 Å². The third-order valence-corrected chi connectivity index (χ3v) is 8.55. The number of nitrogens with two attached hydrogens (primary N) is 1. The number of nitrogens with one attached hydrogen (secondary N) is 1. The zero-order valence-electron chi connectivity index (χ0n) is 22.6. The minimum atomic E-state index is -6.06. The number of pyridine rings is 1. The van der Waals surface area contributed by atoms with Gasteiger partial charge in [-0.05, 0) is 58.2 Å². The zero-order valence-corrected chi connectivity index (χ0v) is 24.2. The molecule has 0 saturated carbocycles. The number of aryl methyl sites for hydroxylation is 1. The number of nitrogens with zero attached hydrogens (tertiary/aromatic N) is 1. The summed E-state index contributed by atoms with van der Waals surface area (Å²) in [5.41, 5.74) is -1.07. The smallest absolute Gasteiger partial charge is 0.459 e. The van der Waals surface area contributed by atoms with E-state index in [1.54, 1.807) is 32.9 Å². The molecule has 10 nitrogen and oxygen atoms in total. The highest BCUT2D eigenvalue weighted by molar-refractivity contribution is 7.89. The molecule has 2 unspecified atom stereocenters. The van der Waals surface area contributed by atoms with Crippen molar-refractivity contribution in [2.75, 3.05) is 0 Å². The molecule has 3 N–H and O–H groups in total. The molecule has 0 spiro atoms. The quantitative estimate of drug-likeness (QED) is 0.196. The number of carbonyl (C=O) groups excluding carboxylic acids is 1. The monoisotopic (exact) mass is 617 g/mol. The van der Waals surface area contributed by atoms with E-state index in [1.807, 2.05) is 18.2 Å². The number of carbonyl (C=O) groups is 1. The van der Waals surface area contributed by atoms with E-state index >= 15 is 0 Å². The summed E-state index contributed by atoms with van der Waals surface area (Å²) in [5, 5.41) is -0.157. The summed E-state index contributed by atoms with van der Waals surface area (Å²) in [6.07, 6.45) is 2.23. The Bertz CT molecular complexity index is 1630. The Morgan fingerprint density at radius 1 is 1.02 bits per heavy atom. The molecule has 3 aromatic rings. The second-order valence-electron chi connectivity index (χ2n) is 10.4. The average molecular weight is 618 g/mol. The van der Waals surface area contributed by atoms with Gasteiger partial charge < -0.3 is 14.7 Å². The van der Waals surface area contributed by atoms with E-state index < -0.39 is 59.4 Å². The van der Waals surface area contributed by atoms with Gasteiger partial charge in [0.05, 0.1) is 11.1 Å². The van der Waals surface area contributed by atoms with Gasteiger partial charge in [0.2, 0.25) is 10.0 Å². The van der Waals surface area contributed by atoms with Gasteiger partial charge in [-0.1, -0.05) is 36.4 Å². The number of fused-ring (bicyclic) bond motifs is 1. The fourth-order valence-electron chi connectivity index (χ4n) is 3.79. The van der Waals surface area contributed by atoms with Gasteiger partial charge in [-0.2, -0.15) is 21.6 Å². The topological polar surface area (TPSA) is 155 Å². The predicted octanol–water partition coefficient (Wildman–Crippen LogP) is 3.80. The molecule has 0 saturated heterocycles. The molecule has 41 heavy (non-hydrogen) atoms. The number of ether oxygens (including phenoxy) is 1. The highest BCUT2D eigenvalue weighted by atomic mass is 32.2. The Labute approximate surface area is 236 Å². The average Bonchev–Trinajstić information content (AvgIpc) is 2.85. The van der Waals surface area contributed by atoms with Crippen molar-refractivity contribution in [3.63, 3.8) is 0 Å². The van der Waals surface area contributed by atoms with Crippen molar-refractivity contribution in [2.45, 2.75) is 68.1 Å². The molecule has 0 aliphatic carbocycles. The van der Waals surface area contributed by atoms with Crippen LogP contribution in [0.2, 0.25) is 0 Å². The summed E-state index contributed by atoms with van der Waals surface area (Å²) in [6, 6.07) is 11.1. The van der Waals surface area contributed by atoms with Crippen LogP contribution in [-0.4, -0.2) is 50.5 Å². The second kappa shape index (κ2) is 11.5. The number of hydrogen-bond donors (Lipinski definition) is 2. The summed E-state index contributed by atoms with van der Waals surface area (Å²) in [5.74, 6) is -1.66. The minimum Gasteiger partial charge on any atom is -0.459 e. The first-order valence-electron chi connectivity index (χ1n) is 12.2. The van der Waals surface area contributed by atoms with Gasteiger partial charge in [0, 0.05) is 23.0 Å². The molecule has 0 aliphatic heterocycles. The van der Waals surface area contributed by atoms with Crippen LogP contribution < -0.4 is 14.6 Å². The van der Waals surface area contributed by atoms with Crippen LogP contribution in [0.3, 0.4) is 0 Å². The van der Waals surface area contributed by atoms with Crippen molar-refractivity contribution < 1.29 is 43.7 Å². The van der Waals surface area contributed by atoms with Crippen LogP contribution in [-0.2, 0) is 36.1 Å². The molecule has 2 aromatic carbocycles. The molecular formula is C26H30F3N3O7S2. The van der Waals surface area contributed by atoms with E-state index in [1.165, 1.54) is 19.2 Å². The Balaban J connectivity index is 1.97. The maximum atomic E-state index is 13.4. The lowest BCUT2D eigenvalue weighted by Crippen LogP contribution is -2.63. The lowest BCUT2D eigenvalue weighted by Gasteiger charge is -2.36. The third-order valence-electron chi connectivity index (χ3n) is 6.04. The Morgan fingerprint density at radius 3 is 2.24 bits per heavy atom. The number of rotatable bonds is 10. The highest BCUT2D eigenvalue weighted by Gasteiger charge is 2.49. The zero-order chi connectivity index (χ0) is 30.9. The fraction of sp³-hybridized carbons (Fsp3) is 0.385. The molecule has 2 atom stereocenters. The van der Waals surface area contributed by atoms with E-state index in [0.717, 1.165) is 23.9 Å². The molecule has 0 amide bonds. The summed E-state index contributed by atoms with van der Waals surface area (Å²) >= 11 is 0. The predicted molar refractivity (Wildman–Crippen MR) is 145 cm³/mol. The van der Waals surface area contributed by atoms with Gasteiger partial charge in [-0.3, -0.25) is 4.98 Å². The van der Waals surface area contributed by atoms with Crippen LogP contribution in [0.25, 0.3) is 10.8 Å². The van der Waals surface area contributed by atoms with E-state index in [-0.39, 0.29) is 17.2 Å². The molecule has 224 valence electrons. The first kappa shape index (κ1) is 32.2. The number of alkyl halides is 3. The molecule has 0 fully saturated rings. The lowest BCUT2D eigenvalue weighted by atomic mass is 9.86. The molecule has 0 bridgehead atoms. The van der Waals surface area contributed by atoms with Crippen LogP contribution >= 0.6 is 0 Å². The van der Waals surface area contributed by atoms with Gasteiger partial charge in [-0.15, -0.1) is 0 Å². The van der Waals surface area contributed by atoms with Crippen molar-refractivity contribution in [1.82, 2.24) is 9.71 Å². The second-order valence-corrected chi connectivity index (χ2v) is 13.6. The van der Waals surface area contributed by atoms with Crippen LogP contribution in [0.15, 0.2) is 65.8 Å². The lowest BCUT2D eigenvalue weighted by molar-refractivity contribution is -0.162. The van der Waals surface area contributed by atoms with Gasteiger partial charge in [0.25, 0.3) is 0 Å². The summed E-state index contributed by atoms with van der Waals surface area (Å²) in [7, 11) is -10.5. The molecule has 3 rings (SSSR count). The number of halogens is 3. The summed E-state index contributed by atoms with van der Waals surface area (Å²) < 4.78 is 101. The van der Waals surface area contributed by atoms with Crippen molar-refractivity contribution >= 4 is 36.9 Å². The SMILES string of the molecule is CC(NS(=O)(=O)c1ccc2cncc(OS(=O)(=O)C(F)(F)F)c2c1)C(N)(CCc1ccccc1)C(=O)OC(C)(C)C. The molecule has 0 radical (unpaired) electrons. The summed E-state index contributed by atoms with van der Waals surface area (Å²) in [6.45, 7) is 6.31. The fourth-order valence-corrected chi connectivity index (χ4v) is 5.58. The van der Waals surface area contributed by atoms with E-state index in [4.69, 9.17) is 10.5 Å². The third kappa shape index (κ3) is 7.72. The number of sulfonamides is 1. The molecule has 0 aliphatic rings. The Morgan fingerprint density at radius 2 is 1.66 bits per heavy atom. The van der Waals surface area contributed by atoms with E-state index in [2.05, 4.69) is 13.9 Å². The van der Waals surface area contributed by atoms with Crippen molar-refractivity contribution in [1.29, 1.82) is 0 Å². The molecule has 1 aromatic heterocycles. The number of esters is 1. The van der Waals surface area contributed by atoms with Gasteiger partial charge in [0.1, 0.15) is 11.1 Å². The van der Waals surface area contributed by atoms with Crippen LogP contribution in [0.1, 0.15) is 39.7 Å². The maximum Gasteiger partial charge on any atom is 0.534 e. The van der Waals surface area contributed by atoms with Gasteiger partial charge in [-0.25, -0.2) is 17.9 Å². The van der Waals surface area contributed by atoms with Crippen LogP contribution in [0.4, 0.5) is 13.2 Å². The largest absolute Gasteiger partial charge is 0.534 e. The molecule has 1 heterocycles. The molecular weight excluding hydrogens is 587 g/mol. The van der Waals surface area contributed by atoms with Crippen molar-refractivity contribution in [3.8, 4) is 5.75 Å². The number of benzene rings is 2. The standard InChI is InChI=1S/C26H30F3N3O7S2/c1-17(25(30,23(33)38-24(2,3)4)13-12-18-8-6-5-7-9-18)32-40(34,35)20-11-10-19-15-31-16-22(21(19)14-20)39-41(36,37)26(27,28)29/h5-11,14-17,32H,12-13,30H2,1-4H3. The molecule has 15 heteroatoms. The van der Waals surface area contributed by atoms with Gasteiger partial charge >= 0.3 is 21.6 Å². The normalized spacial score (nSPS) is 15.2. The van der Waals surface area contributed by atoms with Crippen molar-refractivity contribution in [3.05, 3.63) is 66.5 Å². The number of hydrogen-bond acceptors (Lipinski definition) is 9. The first-order valence-corrected chi connectivity index (χ1v) is 15.1. The Kier molecular flexibility index (Phi) is 9.08. The van der Waals surface area contributed by atoms with Crippen LogP contribution in [0, 0.1) is 0 Å². The van der Waals surface area contributed by atoms with E-state index in [0.29, 0.717) is 6.42 Å². The number of aromatic nitrogens is 1. The van der Waals surface area contributed by atoms with E-state index in [9.17, 15) is 34.8 Å². The maximum absolute atomic E-state index is 13.4. The first-order chi connectivity index (χ1) is 18.8. The highest BCUT2D eigenvalue weighted by Crippen LogP contribution is 2.32. The summed E-state index contributed by atoms with van der Waals surface area (Å²) in [4.78, 5) is 16.4. The van der Waals surface area contributed by atoms with Crippen molar-refractivity contribution in [2.24, 2.45) is 5.73 Å². The minimum absolute atomic E-state index is 0.00624. The Hall–Kier alpha value is -3.27.